The minimum atomic E-state index is -0.181. The second-order valence-electron chi connectivity index (χ2n) is 5.98. The normalized spacial score (nSPS) is 16.7. The molecule has 2 aromatic rings. The number of anilines is 1. The lowest BCUT2D eigenvalue weighted by molar-refractivity contribution is 0.106. The molecule has 7 heteroatoms. The van der Waals surface area contributed by atoms with Gasteiger partial charge in [0.2, 0.25) is 0 Å². The van der Waals surface area contributed by atoms with Gasteiger partial charge in [-0.1, -0.05) is 6.07 Å². The number of hydrogen-bond donors (Lipinski definition) is 1. The van der Waals surface area contributed by atoms with Gasteiger partial charge in [-0.05, 0) is 37.1 Å². The highest BCUT2D eigenvalue weighted by Crippen LogP contribution is 2.35. The number of rotatable bonds is 5. The average Bonchev–Trinajstić information content (AvgIpc) is 2.68. The molecule has 1 aromatic carbocycles. The lowest BCUT2D eigenvalue weighted by Gasteiger charge is -2.33. The van der Waals surface area contributed by atoms with Crippen LogP contribution in [0, 0.1) is 0 Å². The van der Waals surface area contributed by atoms with Crippen LogP contribution in [0.5, 0.6) is 17.2 Å². The Morgan fingerprint density at radius 1 is 1.19 bits per heavy atom. The molecule has 1 aliphatic rings. The topological polar surface area (TPSA) is 72.9 Å². The zero-order chi connectivity index (χ0) is 18.4. The van der Waals surface area contributed by atoms with E-state index in [1.807, 2.05) is 18.2 Å². The summed E-state index contributed by atoms with van der Waals surface area (Å²) in [5, 5.41) is 2.91. The number of likely N-dealkylation sites (tertiary alicyclic amines) is 1. The second-order valence-corrected chi connectivity index (χ2v) is 5.98. The van der Waals surface area contributed by atoms with E-state index in [9.17, 15) is 4.79 Å². The van der Waals surface area contributed by atoms with Gasteiger partial charge in [0.15, 0.2) is 11.5 Å². The van der Waals surface area contributed by atoms with E-state index in [0.29, 0.717) is 30.3 Å². The molecule has 1 saturated heterocycles. The third kappa shape index (κ3) is 4.17. The molecule has 0 aliphatic carbocycles. The zero-order valence-corrected chi connectivity index (χ0v) is 15.0. The zero-order valence-electron chi connectivity index (χ0n) is 15.0. The summed E-state index contributed by atoms with van der Waals surface area (Å²) in [5.41, 5.74) is 0.578. The van der Waals surface area contributed by atoms with Gasteiger partial charge in [-0.25, -0.2) is 4.79 Å². The molecule has 0 bridgehead atoms. The van der Waals surface area contributed by atoms with Gasteiger partial charge in [-0.3, -0.25) is 4.98 Å². The highest BCUT2D eigenvalue weighted by molar-refractivity contribution is 5.91. The first kappa shape index (κ1) is 17.8. The maximum Gasteiger partial charge on any atom is 0.322 e. The molecule has 1 aromatic heterocycles. The Balaban J connectivity index is 1.64. The molecule has 2 heterocycles. The number of ether oxygens (including phenoxy) is 3. The number of urea groups is 1. The number of carbonyl (C=O) groups is 1. The van der Waals surface area contributed by atoms with E-state index in [0.717, 1.165) is 18.6 Å². The van der Waals surface area contributed by atoms with Crippen LogP contribution in [0.3, 0.4) is 0 Å². The van der Waals surface area contributed by atoms with Crippen LogP contribution in [0.25, 0.3) is 0 Å². The molecule has 1 aliphatic heterocycles. The van der Waals surface area contributed by atoms with Crippen molar-refractivity contribution in [1.82, 2.24) is 9.88 Å². The Hall–Kier alpha value is -2.96. The number of para-hydroxylation sites is 1. The number of pyridine rings is 1. The maximum atomic E-state index is 12.7. The fourth-order valence-corrected chi connectivity index (χ4v) is 3.01. The van der Waals surface area contributed by atoms with Crippen LogP contribution in [0.15, 0.2) is 42.7 Å². The van der Waals surface area contributed by atoms with Gasteiger partial charge in [0.25, 0.3) is 0 Å². The minimum Gasteiger partial charge on any atom is -0.493 e. The first-order valence-electron chi connectivity index (χ1n) is 8.55. The highest BCUT2D eigenvalue weighted by Gasteiger charge is 2.26. The minimum absolute atomic E-state index is 0.0379. The quantitative estimate of drug-likeness (QED) is 0.890. The van der Waals surface area contributed by atoms with Crippen molar-refractivity contribution in [2.75, 3.05) is 32.6 Å². The van der Waals surface area contributed by atoms with Gasteiger partial charge >= 0.3 is 6.03 Å². The smallest absolute Gasteiger partial charge is 0.322 e. The molecule has 1 N–H and O–H groups in total. The highest BCUT2D eigenvalue weighted by atomic mass is 16.5. The van der Waals surface area contributed by atoms with Crippen molar-refractivity contribution in [3.05, 3.63) is 42.7 Å². The van der Waals surface area contributed by atoms with Gasteiger partial charge in [0.1, 0.15) is 11.9 Å². The molecule has 2 amide bonds. The Bertz CT molecular complexity index is 739. The Kier molecular flexibility index (Phi) is 5.78. The van der Waals surface area contributed by atoms with Crippen LogP contribution in [0.1, 0.15) is 12.8 Å². The van der Waals surface area contributed by atoms with Crippen LogP contribution >= 0.6 is 0 Å². The summed E-state index contributed by atoms with van der Waals surface area (Å²) < 4.78 is 16.6. The molecule has 1 fully saturated rings. The van der Waals surface area contributed by atoms with Crippen molar-refractivity contribution in [2.24, 2.45) is 0 Å². The van der Waals surface area contributed by atoms with E-state index in [-0.39, 0.29) is 12.1 Å². The number of aromatic nitrogens is 1. The van der Waals surface area contributed by atoms with E-state index < -0.39 is 0 Å². The summed E-state index contributed by atoms with van der Waals surface area (Å²) in [6.07, 6.45) is 5.15. The predicted octanol–water partition coefficient (Wildman–Crippen LogP) is 3.17. The summed E-state index contributed by atoms with van der Waals surface area (Å²) >= 11 is 0. The molecule has 138 valence electrons. The van der Waals surface area contributed by atoms with Crippen LogP contribution in [0.2, 0.25) is 0 Å². The van der Waals surface area contributed by atoms with Gasteiger partial charge < -0.3 is 24.4 Å². The monoisotopic (exact) mass is 357 g/mol. The number of nitrogens with zero attached hydrogens (tertiary/aromatic N) is 2. The lowest BCUT2D eigenvalue weighted by Crippen LogP contribution is -2.46. The van der Waals surface area contributed by atoms with Gasteiger partial charge in [-0.2, -0.15) is 0 Å². The Morgan fingerprint density at radius 3 is 2.73 bits per heavy atom. The largest absolute Gasteiger partial charge is 0.493 e. The summed E-state index contributed by atoms with van der Waals surface area (Å²) in [6.45, 7) is 1.22. The fraction of sp³-hybridized carbons (Fsp3) is 0.368. The van der Waals surface area contributed by atoms with Crippen molar-refractivity contribution in [3.63, 3.8) is 0 Å². The predicted molar refractivity (Wildman–Crippen MR) is 98.0 cm³/mol. The van der Waals surface area contributed by atoms with Gasteiger partial charge in [0.05, 0.1) is 26.5 Å². The summed E-state index contributed by atoms with van der Waals surface area (Å²) in [4.78, 5) is 18.4. The molecule has 26 heavy (non-hydrogen) atoms. The number of carbonyl (C=O) groups excluding carboxylic acids is 1. The first-order chi connectivity index (χ1) is 12.7. The van der Waals surface area contributed by atoms with Gasteiger partial charge in [-0.15, -0.1) is 0 Å². The van der Waals surface area contributed by atoms with Crippen molar-refractivity contribution < 1.29 is 19.0 Å². The number of methoxy groups -OCH3 is 2. The summed E-state index contributed by atoms with van der Waals surface area (Å²) in [6, 6.07) is 8.84. The Labute approximate surface area is 152 Å². The molecular formula is C19H23N3O4. The van der Waals surface area contributed by atoms with Crippen LogP contribution in [0.4, 0.5) is 10.5 Å². The summed E-state index contributed by atoms with van der Waals surface area (Å²) in [7, 11) is 3.11. The standard InChI is InChI=1S/C19H23N3O4/c1-24-17-7-3-6-16(18(17)25-2)21-19(23)22-12-4-5-15(13-22)26-14-8-10-20-11-9-14/h3,6-11,15H,4-5,12-13H2,1-2H3,(H,21,23). The van der Waals surface area contributed by atoms with Crippen molar-refractivity contribution in [2.45, 2.75) is 18.9 Å². The molecule has 0 saturated carbocycles. The lowest BCUT2D eigenvalue weighted by atomic mass is 10.1. The number of nitrogens with one attached hydrogen (secondary N) is 1. The molecule has 7 nitrogen and oxygen atoms in total. The Morgan fingerprint density at radius 2 is 2.00 bits per heavy atom. The SMILES string of the molecule is COc1cccc(NC(=O)N2CCCC(Oc3ccncc3)C2)c1OC. The molecule has 1 atom stereocenters. The first-order valence-corrected chi connectivity index (χ1v) is 8.55. The third-order valence-electron chi connectivity index (χ3n) is 4.26. The van der Waals surface area contributed by atoms with Crippen molar-refractivity contribution >= 4 is 11.7 Å². The van der Waals surface area contributed by atoms with Crippen LogP contribution < -0.4 is 19.5 Å². The van der Waals surface area contributed by atoms with Crippen LogP contribution in [-0.2, 0) is 0 Å². The molecule has 0 radical (unpaired) electrons. The van der Waals surface area contributed by atoms with Crippen molar-refractivity contribution in [3.8, 4) is 17.2 Å². The molecule has 3 rings (SSSR count). The van der Waals surface area contributed by atoms with Crippen molar-refractivity contribution in [1.29, 1.82) is 0 Å². The molecular weight excluding hydrogens is 334 g/mol. The summed E-state index contributed by atoms with van der Waals surface area (Å²) in [5.74, 6) is 1.84. The fourth-order valence-electron chi connectivity index (χ4n) is 3.01. The van der Waals surface area contributed by atoms with Crippen LogP contribution in [-0.4, -0.2) is 49.3 Å². The third-order valence-corrected chi connectivity index (χ3v) is 4.26. The maximum absolute atomic E-state index is 12.7. The van der Waals surface area contributed by atoms with E-state index in [1.165, 1.54) is 0 Å². The number of amides is 2. The molecule has 1 unspecified atom stereocenters. The number of piperidine rings is 1. The van der Waals surface area contributed by atoms with E-state index >= 15 is 0 Å². The number of benzene rings is 1. The number of hydrogen-bond acceptors (Lipinski definition) is 5. The van der Waals surface area contributed by atoms with Gasteiger partial charge in [0, 0.05) is 18.9 Å². The average molecular weight is 357 g/mol. The van der Waals surface area contributed by atoms with E-state index in [2.05, 4.69) is 10.3 Å². The molecule has 0 spiro atoms. The van der Waals surface area contributed by atoms with E-state index in [4.69, 9.17) is 14.2 Å². The second kappa shape index (κ2) is 8.42. The van der Waals surface area contributed by atoms with E-state index in [1.54, 1.807) is 43.6 Å².